The number of carbonyl (C=O) groups excluding carboxylic acids is 1. The Bertz CT molecular complexity index is 795. The van der Waals surface area contributed by atoms with Crippen molar-refractivity contribution in [1.29, 1.82) is 0 Å². The van der Waals surface area contributed by atoms with Crippen molar-refractivity contribution in [2.45, 2.75) is 6.92 Å². The number of anilines is 2. The van der Waals surface area contributed by atoms with Gasteiger partial charge in [0.2, 0.25) is 0 Å². The molecule has 0 saturated carbocycles. The fraction of sp³-hybridized carbons (Fsp3) is 0.0667. The third-order valence-corrected chi connectivity index (χ3v) is 3.49. The van der Waals surface area contributed by atoms with Gasteiger partial charge >= 0.3 is 6.03 Å². The molecule has 0 fully saturated rings. The summed E-state index contributed by atoms with van der Waals surface area (Å²) in [7, 11) is 0. The summed E-state index contributed by atoms with van der Waals surface area (Å²) < 4.78 is 0.966. The highest BCUT2D eigenvalue weighted by atomic mass is 79.9. The average molecular weight is 345 g/mol. The molecule has 0 bridgehead atoms. The summed E-state index contributed by atoms with van der Waals surface area (Å²) in [4.78, 5) is 19.4. The average Bonchev–Trinajstić information content (AvgIpc) is 2.80. The van der Waals surface area contributed by atoms with Crippen LogP contribution >= 0.6 is 15.9 Å². The fourth-order valence-corrected chi connectivity index (χ4v) is 2.31. The van der Waals surface area contributed by atoms with E-state index in [0.29, 0.717) is 5.69 Å². The normalized spacial score (nSPS) is 10.6. The monoisotopic (exact) mass is 344 g/mol. The quantitative estimate of drug-likeness (QED) is 0.649. The van der Waals surface area contributed by atoms with Gasteiger partial charge in [0.1, 0.15) is 5.82 Å². The van der Waals surface area contributed by atoms with Crippen molar-refractivity contribution in [1.82, 2.24) is 9.97 Å². The molecule has 3 N–H and O–H groups in total. The molecule has 2 amide bonds. The number of hydrogen-bond donors (Lipinski definition) is 3. The summed E-state index contributed by atoms with van der Waals surface area (Å²) in [5, 5.41) is 5.57. The second kappa shape index (κ2) is 5.57. The summed E-state index contributed by atoms with van der Waals surface area (Å²) >= 11 is 3.35. The first-order valence-electron chi connectivity index (χ1n) is 6.40. The van der Waals surface area contributed by atoms with Gasteiger partial charge in [-0.2, -0.15) is 0 Å². The van der Waals surface area contributed by atoms with E-state index in [4.69, 9.17) is 0 Å². The minimum absolute atomic E-state index is 0.284. The number of aromatic nitrogens is 2. The van der Waals surface area contributed by atoms with Crippen molar-refractivity contribution in [2.75, 3.05) is 10.6 Å². The molecule has 0 radical (unpaired) electrons. The number of aromatic amines is 1. The van der Waals surface area contributed by atoms with Gasteiger partial charge in [-0.05, 0) is 49.4 Å². The summed E-state index contributed by atoms with van der Waals surface area (Å²) in [6.07, 6.45) is 0. The topological polar surface area (TPSA) is 69.8 Å². The lowest BCUT2D eigenvalue weighted by molar-refractivity contribution is 0.262. The van der Waals surface area contributed by atoms with Crippen molar-refractivity contribution in [2.24, 2.45) is 0 Å². The summed E-state index contributed by atoms with van der Waals surface area (Å²) in [6, 6.07) is 12.7. The number of fused-ring (bicyclic) bond motifs is 1. The van der Waals surface area contributed by atoms with Crippen molar-refractivity contribution >= 4 is 44.4 Å². The molecule has 0 aliphatic heterocycles. The highest BCUT2D eigenvalue weighted by Crippen LogP contribution is 2.18. The number of halogens is 1. The molecule has 2 aromatic carbocycles. The minimum atomic E-state index is -0.284. The second-order valence-electron chi connectivity index (χ2n) is 4.64. The lowest BCUT2D eigenvalue weighted by atomic mass is 10.3. The molecular weight excluding hydrogens is 332 g/mol. The van der Waals surface area contributed by atoms with Gasteiger partial charge in [0, 0.05) is 15.8 Å². The Morgan fingerprint density at radius 2 is 1.76 bits per heavy atom. The molecule has 0 unspecified atom stereocenters. The zero-order chi connectivity index (χ0) is 14.8. The molecule has 0 spiro atoms. The summed E-state index contributed by atoms with van der Waals surface area (Å²) in [5.41, 5.74) is 3.22. The molecule has 0 atom stereocenters. The number of nitrogens with one attached hydrogen (secondary N) is 3. The molecular formula is C15H13BrN4O. The van der Waals surface area contributed by atoms with Crippen LogP contribution in [-0.2, 0) is 0 Å². The predicted octanol–water partition coefficient (Wildman–Crippen LogP) is 4.28. The summed E-state index contributed by atoms with van der Waals surface area (Å²) in [5.74, 6) is 0.849. The molecule has 1 aromatic heterocycles. The van der Waals surface area contributed by atoms with Crippen LogP contribution in [0.1, 0.15) is 5.82 Å². The van der Waals surface area contributed by atoms with Crippen LogP contribution in [0.4, 0.5) is 16.2 Å². The van der Waals surface area contributed by atoms with Crippen LogP contribution in [0, 0.1) is 6.92 Å². The number of imidazole rings is 1. The van der Waals surface area contributed by atoms with E-state index in [9.17, 15) is 4.79 Å². The molecule has 1 heterocycles. The number of benzene rings is 2. The number of rotatable bonds is 2. The van der Waals surface area contributed by atoms with Crippen LogP contribution in [0.5, 0.6) is 0 Å². The van der Waals surface area contributed by atoms with Gasteiger partial charge in [-0.25, -0.2) is 9.78 Å². The maximum Gasteiger partial charge on any atom is 0.323 e. The Balaban J connectivity index is 1.71. The maximum atomic E-state index is 11.9. The van der Waals surface area contributed by atoms with Crippen molar-refractivity contribution in [3.63, 3.8) is 0 Å². The van der Waals surface area contributed by atoms with Crippen LogP contribution in [0.2, 0.25) is 0 Å². The van der Waals surface area contributed by atoms with Crippen molar-refractivity contribution < 1.29 is 4.79 Å². The SMILES string of the molecule is Cc1nc2ccc(NC(=O)Nc3ccc(Br)cc3)cc2[nH]1. The number of hydrogen-bond acceptors (Lipinski definition) is 2. The number of carbonyl (C=O) groups is 1. The maximum absolute atomic E-state index is 11.9. The minimum Gasteiger partial charge on any atom is -0.342 e. The number of amides is 2. The van der Waals surface area contributed by atoms with Crippen LogP contribution in [0.15, 0.2) is 46.9 Å². The highest BCUT2D eigenvalue weighted by Gasteiger charge is 2.05. The van der Waals surface area contributed by atoms with E-state index in [1.165, 1.54) is 0 Å². The second-order valence-corrected chi connectivity index (χ2v) is 5.56. The Kier molecular flexibility index (Phi) is 3.62. The van der Waals surface area contributed by atoms with Gasteiger partial charge in [0.15, 0.2) is 0 Å². The number of urea groups is 1. The number of aryl methyl sites for hydroxylation is 1. The van der Waals surface area contributed by atoms with Gasteiger partial charge in [-0.3, -0.25) is 0 Å². The zero-order valence-corrected chi connectivity index (χ0v) is 12.9. The Labute approximate surface area is 129 Å². The van der Waals surface area contributed by atoms with Gasteiger partial charge in [0.25, 0.3) is 0 Å². The van der Waals surface area contributed by atoms with Crippen LogP contribution in [0.3, 0.4) is 0 Å². The van der Waals surface area contributed by atoms with Crippen LogP contribution in [0.25, 0.3) is 11.0 Å². The van der Waals surface area contributed by atoms with Gasteiger partial charge in [-0.1, -0.05) is 15.9 Å². The Morgan fingerprint density at radius 1 is 1.10 bits per heavy atom. The largest absolute Gasteiger partial charge is 0.342 e. The van der Waals surface area contributed by atoms with E-state index >= 15 is 0 Å². The smallest absolute Gasteiger partial charge is 0.323 e. The molecule has 0 saturated heterocycles. The predicted molar refractivity (Wildman–Crippen MR) is 87.6 cm³/mol. The van der Waals surface area contributed by atoms with E-state index in [2.05, 4.69) is 36.5 Å². The zero-order valence-electron chi connectivity index (χ0n) is 11.3. The van der Waals surface area contributed by atoms with Crippen LogP contribution in [-0.4, -0.2) is 16.0 Å². The van der Waals surface area contributed by atoms with Crippen LogP contribution < -0.4 is 10.6 Å². The lowest BCUT2D eigenvalue weighted by Gasteiger charge is -2.07. The first-order chi connectivity index (χ1) is 10.1. The van der Waals surface area contributed by atoms with E-state index in [0.717, 1.165) is 27.0 Å². The molecule has 21 heavy (non-hydrogen) atoms. The first kappa shape index (κ1) is 13.6. The van der Waals surface area contributed by atoms with E-state index in [1.807, 2.05) is 49.4 Å². The van der Waals surface area contributed by atoms with Crippen molar-refractivity contribution in [3.05, 3.63) is 52.8 Å². The Hall–Kier alpha value is -2.34. The number of nitrogens with zero attached hydrogens (tertiary/aromatic N) is 1. The highest BCUT2D eigenvalue weighted by molar-refractivity contribution is 9.10. The standard InChI is InChI=1S/C15H13BrN4O/c1-9-17-13-7-6-12(8-14(13)18-9)20-15(21)19-11-4-2-10(16)3-5-11/h2-8H,1H3,(H,17,18)(H2,19,20,21). The number of H-pyrrole nitrogens is 1. The van der Waals surface area contributed by atoms with Gasteiger partial charge in [0.05, 0.1) is 11.0 Å². The van der Waals surface area contributed by atoms with Gasteiger partial charge in [-0.15, -0.1) is 0 Å². The molecule has 3 aromatic rings. The first-order valence-corrected chi connectivity index (χ1v) is 7.19. The van der Waals surface area contributed by atoms with Gasteiger partial charge < -0.3 is 15.6 Å². The summed E-state index contributed by atoms with van der Waals surface area (Å²) in [6.45, 7) is 1.90. The van der Waals surface area contributed by atoms with E-state index in [1.54, 1.807) is 0 Å². The van der Waals surface area contributed by atoms with Crippen molar-refractivity contribution in [3.8, 4) is 0 Å². The molecule has 5 nitrogen and oxygen atoms in total. The molecule has 6 heteroatoms. The Morgan fingerprint density at radius 3 is 2.52 bits per heavy atom. The molecule has 0 aliphatic carbocycles. The van der Waals surface area contributed by atoms with E-state index < -0.39 is 0 Å². The molecule has 3 rings (SSSR count). The third-order valence-electron chi connectivity index (χ3n) is 2.96. The molecule has 0 aliphatic rings. The lowest BCUT2D eigenvalue weighted by Crippen LogP contribution is -2.19. The van der Waals surface area contributed by atoms with E-state index in [-0.39, 0.29) is 6.03 Å². The fourth-order valence-electron chi connectivity index (χ4n) is 2.04. The molecule has 106 valence electrons. The third kappa shape index (κ3) is 3.22.